The van der Waals surface area contributed by atoms with Crippen LogP contribution in [0.2, 0.25) is 0 Å². The van der Waals surface area contributed by atoms with Gasteiger partial charge in [-0.25, -0.2) is 0 Å². The van der Waals surface area contributed by atoms with Crippen molar-refractivity contribution in [1.82, 2.24) is 0 Å². The van der Waals surface area contributed by atoms with Crippen LogP contribution in [0.5, 0.6) is 0 Å². The lowest BCUT2D eigenvalue weighted by Gasteiger charge is -2.31. The normalized spacial score (nSPS) is 19.0. The maximum atomic E-state index is 12.2. The fourth-order valence-corrected chi connectivity index (χ4v) is 1.32. The van der Waals surface area contributed by atoms with Crippen LogP contribution in [0.15, 0.2) is 0 Å². The number of rotatable bonds is 1. The van der Waals surface area contributed by atoms with Crippen molar-refractivity contribution in [2.75, 3.05) is 0 Å². The maximum absolute atomic E-state index is 12.2. The largest absolute Gasteiger partial charge is 0.392 e. The van der Waals surface area contributed by atoms with Crippen molar-refractivity contribution in [2.45, 2.75) is 37.8 Å². The molecule has 0 spiro atoms. The molecule has 0 heterocycles. The number of hydrogen-bond donors (Lipinski definition) is 0. The first kappa shape index (κ1) is 12.5. The molecule has 0 aromatic rings. The van der Waals surface area contributed by atoms with Crippen LogP contribution >= 0.6 is 22.6 Å². The van der Waals surface area contributed by atoms with E-state index < -0.39 is 12.1 Å². The molecule has 0 aromatic heterocycles. The van der Waals surface area contributed by atoms with Crippen LogP contribution in [0.25, 0.3) is 0 Å². The van der Waals surface area contributed by atoms with Crippen LogP contribution < -0.4 is 0 Å². The highest BCUT2D eigenvalue weighted by atomic mass is 127. The zero-order valence-electron chi connectivity index (χ0n) is 7.67. The molecule has 0 aliphatic carbocycles. The van der Waals surface area contributed by atoms with Gasteiger partial charge < -0.3 is 0 Å². The molecule has 2 atom stereocenters. The minimum atomic E-state index is -4.07. The standard InChI is InChI=1S/C8H14F3I/c1-5(8(9,10)11)6(12)7(2,3)4/h5-6H,1-4H3/t5-,6?/m0/s1. The molecule has 0 amide bonds. The Bertz CT molecular complexity index is 127. The highest BCUT2D eigenvalue weighted by Gasteiger charge is 2.44. The first-order chi connectivity index (χ1) is 5.07. The van der Waals surface area contributed by atoms with Crippen molar-refractivity contribution in [3.63, 3.8) is 0 Å². The van der Waals surface area contributed by atoms with E-state index in [4.69, 9.17) is 0 Å². The Balaban J connectivity index is 4.41. The highest BCUT2D eigenvalue weighted by Crippen LogP contribution is 2.40. The molecule has 0 saturated carbocycles. The zero-order valence-corrected chi connectivity index (χ0v) is 9.82. The fraction of sp³-hybridized carbons (Fsp3) is 1.00. The third kappa shape index (κ3) is 3.49. The van der Waals surface area contributed by atoms with E-state index >= 15 is 0 Å². The van der Waals surface area contributed by atoms with E-state index in [1.807, 2.05) is 43.4 Å². The maximum Gasteiger partial charge on any atom is 0.392 e. The lowest BCUT2D eigenvalue weighted by atomic mass is 9.85. The Labute approximate surface area is 85.1 Å². The Hall–Kier alpha value is 0.520. The molecular formula is C8H14F3I. The molecule has 0 radical (unpaired) electrons. The molecule has 12 heavy (non-hydrogen) atoms. The molecule has 0 fully saturated rings. The lowest BCUT2D eigenvalue weighted by molar-refractivity contribution is -0.172. The van der Waals surface area contributed by atoms with Gasteiger partial charge in [-0.05, 0) is 5.41 Å². The monoisotopic (exact) mass is 294 g/mol. The quantitative estimate of drug-likeness (QED) is 0.506. The number of hydrogen-bond acceptors (Lipinski definition) is 0. The number of alkyl halides is 4. The SMILES string of the molecule is C[C@@H](C(I)C(C)(C)C)C(F)(F)F. The van der Waals surface area contributed by atoms with Crippen molar-refractivity contribution >= 4 is 22.6 Å². The summed E-state index contributed by atoms with van der Waals surface area (Å²) in [5.41, 5.74) is -0.296. The third-order valence-electron chi connectivity index (χ3n) is 1.78. The summed E-state index contributed by atoms with van der Waals surface area (Å²) in [6.07, 6.45) is -4.07. The van der Waals surface area contributed by atoms with Gasteiger partial charge in [0.05, 0.1) is 5.92 Å². The van der Waals surface area contributed by atoms with Gasteiger partial charge in [0.15, 0.2) is 0 Å². The smallest absolute Gasteiger partial charge is 0.171 e. The van der Waals surface area contributed by atoms with Crippen molar-refractivity contribution in [3.8, 4) is 0 Å². The summed E-state index contributed by atoms with van der Waals surface area (Å²) in [5.74, 6) is -1.24. The van der Waals surface area contributed by atoms with E-state index in [9.17, 15) is 13.2 Å². The second-order valence-corrected chi connectivity index (χ2v) is 5.44. The summed E-state index contributed by atoms with van der Waals surface area (Å²) in [7, 11) is 0. The topological polar surface area (TPSA) is 0 Å². The molecule has 0 bridgehead atoms. The van der Waals surface area contributed by atoms with Crippen LogP contribution in [-0.2, 0) is 0 Å². The third-order valence-corrected chi connectivity index (χ3v) is 4.73. The molecule has 0 saturated heterocycles. The van der Waals surface area contributed by atoms with Crippen LogP contribution in [0.3, 0.4) is 0 Å². The molecule has 0 aliphatic heterocycles. The summed E-state index contributed by atoms with van der Waals surface area (Å²) in [5, 5.41) is 0. The molecule has 74 valence electrons. The number of halogens is 4. The van der Waals surface area contributed by atoms with Crippen LogP contribution in [0, 0.1) is 11.3 Å². The van der Waals surface area contributed by atoms with Gasteiger partial charge in [-0.3, -0.25) is 0 Å². The predicted octanol–water partition coefficient (Wildman–Crippen LogP) is 4.03. The second kappa shape index (κ2) is 3.72. The van der Waals surface area contributed by atoms with Crippen LogP contribution in [-0.4, -0.2) is 10.1 Å². The van der Waals surface area contributed by atoms with Crippen molar-refractivity contribution < 1.29 is 13.2 Å². The Morgan fingerprint density at radius 3 is 1.50 bits per heavy atom. The minimum Gasteiger partial charge on any atom is -0.171 e. The molecule has 0 aromatic carbocycles. The van der Waals surface area contributed by atoms with E-state index in [-0.39, 0.29) is 9.34 Å². The van der Waals surface area contributed by atoms with Crippen LogP contribution in [0.4, 0.5) is 13.2 Å². The van der Waals surface area contributed by atoms with Crippen molar-refractivity contribution in [3.05, 3.63) is 0 Å². The Kier molecular flexibility index (Phi) is 3.88. The zero-order chi connectivity index (χ0) is 10.2. The van der Waals surface area contributed by atoms with E-state index in [2.05, 4.69) is 0 Å². The van der Waals surface area contributed by atoms with Gasteiger partial charge in [-0.1, -0.05) is 50.3 Å². The average molecular weight is 294 g/mol. The summed E-state index contributed by atoms with van der Waals surface area (Å²) in [6, 6.07) is 0. The molecular weight excluding hydrogens is 280 g/mol. The summed E-state index contributed by atoms with van der Waals surface area (Å²) in [4.78, 5) is 0. The van der Waals surface area contributed by atoms with Crippen LogP contribution in [0.1, 0.15) is 27.7 Å². The summed E-state index contributed by atoms with van der Waals surface area (Å²) in [6.45, 7) is 6.72. The van der Waals surface area contributed by atoms with Crippen molar-refractivity contribution in [2.24, 2.45) is 11.3 Å². The Morgan fingerprint density at radius 2 is 1.42 bits per heavy atom. The first-order valence-electron chi connectivity index (χ1n) is 3.77. The van der Waals surface area contributed by atoms with Gasteiger partial charge in [-0.2, -0.15) is 13.2 Å². The van der Waals surface area contributed by atoms with Gasteiger partial charge in [-0.15, -0.1) is 0 Å². The Morgan fingerprint density at radius 1 is 1.08 bits per heavy atom. The van der Waals surface area contributed by atoms with Gasteiger partial charge in [0.1, 0.15) is 0 Å². The molecule has 0 nitrogen and oxygen atoms in total. The lowest BCUT2D eigenvalue weighted by Crippen LogP contribution is -2.35. The molecule has 0 rings (SSSR count). The molecule has 4 heteroatoms. The molecule has 0 N–H and O–H groups in total. The highest BCUT2D eigenvalue weighted by molar-refractivity contribution is 14.1. The minimum absolute atomic E-state index is 0.296. The van der Waals surface area contributed by atoms with Gasteiger partial charge >= 0.3 is 6.18 Å². The summed E-state index contributed by atoms with van der Waals surface area (Å²) >= 11 is 1.88. The molecule has 0 aliphatic rings. The summed E-state index contributed by atoms with van der Waals surface area (Å²) < 4.78 is 36.3. The van der Waals surface area contributed by atoms with E-state index in [0.717, 1.165) is 0 Å². The van der Waals surface area contributed by atoms with E-state index in [1.165, 1.54) is 6.92 Å². The van der Waals surface area contributed by atoms with Crippen molar-refractivity contribution in [1.29, 1.82) is 0 Å². The van der Waals surface area contributed by atoms with Gasteiger partial charge in [0.2, 0.25) is 0 Å². The molecule has 1 unspecified atom stereocenters. The second-order valence-electron chi connectivity index (χ2n) is 4.10. The fourth-order valence-electron chi connectivity index (χ4n) is 0.916. The van der Waals surface area contributed by atoms with Gasteiger partial charge in [0.25, 0.3) is 0 Å². The average Bonchev–Trinajstić information content (AvgIpc) is 1.80. The van der Waals surface area contributed by atoms with E-state index in [0.29, 0.717) is 0 Å². The van der Waals surface area contributed by atoms with E-state index in [1.54, 1.807) is 0 Å². The van der Waals surface area contributed by atoms with Gasteiger partial charge in [0, 0.05) is 3.92 Å². The predicted molar refractivity (Wildman–Crippen MR) is 52.5 cm³/mol. The first-order valence-corrected chi connectivity index (χ1v) is 5.02.